The lowest BCUT2D eigenvalue weighted by Crippen LogP contribution is -2.56. The van der Waals surface area contributed by atoms with Gasteiger partial charge in [-0.15, -0.1) is 0 Å². The first-order chi connectivity index (χ1) is 10.4. The highest BCUT2D eigenvalue weighted by Gasteiger charge is 2.61. The van der Waals surface area contributed by atoms with Gasteiger partial charge in [0.1, 0.15) is 0 Å². The summed E-state index contributed by atoms with van der Waals surface area (Å²) < 4.78 is 0. The highest BCUT2D eigenvalue weighted by Crippen LogP contribution is 2.67. The molecule has 3 heteroatoms. The summed E-state index contributed by atoms with van der Waals surface area (Å²) in [6, 6.07) is 0. The quantitative estimate of drug-likeness (QED) is 0.498. The molecule has 4 aliphatic rings. The van der Waals surface area contributed by atoms with Gasteiger partial charge in [-0.3, -0.25) is 0 Å². The average molecular weight is 434 g/mol. The van der Waals surface area contributed by atoms with Gasteiger partial charge >= 0.3 is 0 Å². The van der Waals surface area contributed by atoms with E-state index < -0.39 is 0 Å². The van der Waals surface area contributed by atoms with Crippen LogP contribution in [0.5, 0.6) is 0 Å². The van der Waals surface area contributed by atoms with Gasteiger partial charge in [0.15, 0.2) is 0 Å². The van der Waals surface area contributed by atoms with Crippen molar-refractivity contribution in [2.45, 2.75) is 81.0 Å². The Morgan fingerprint density at radius 3 is 2.32 bits per heavy atom. The molecule has 126 valence electrons. The standard InChI is InChI=1S/C19H30Br2O/c1-18-8-7-14-12(13(18)5-6-17(18)22)3-4-15-16(21)9-11(20)10-19(14,15)2/h11-17,22H,3-10H2,1-2H3/t11?,12-,13-,14-,15?,16?,17-,18-,19+/m0/s1. The number of aliphatic hydroxyl groups excluding tert-OH is 1. The first-order valence-electron chi connectivity index (χ1n) is 9.32. The predicted octanol–water partition coefficient (Wildman–Crippen LogP) is 5.53. The fraction of sp³-hybridized carbons (Fsp3) is 1.00. The van der Waals surface area contributed by atoms with Crippen molar-refractivity contribution in [3.63, 3.8) is 0 Å². The third-order valence-corrected chi connectivity index (χ3v) is 10.2. The van der Waals surface area contributed by atoms with Crippen LogP contribution in [0.15, 0.2) is 0 Å². The molecule has 1 N–H and O–H groups in total. The van der Waals surface area contributed by atoms with Crippen molar-refractivity contribution in [1.29, 1.82) is 0 Å². The molecule has 22 heavy (non-hydrogen) atoms. The Hall–Kier alpha value is 0.920. The van der Waals surface area contributed by atoms with Gasteiger partial charge in [0.25, 0.3) is 0 Å². The van der Waals surface area contributed by atoms with Gasteiger partial charge in [-0.05, 0) is 85.9 Å². The predicted molar refractivity (Wildman–Crippen MR) is 98.5 cm³/mol. The minimum Gasteiger partial charge on any atom is -0.393 e. The maximum atomic E-state index is 10.5. The van der Waals surface area contributed by atoms with Crippen LogP contribution in [0.3, 0.4) is 0 Å². The molecule has 0 radical (unpaired) electrons. The van der Waals surface area contributed by atoms with Crippen LogP contribution in [0.2, 0.25) is 0 Å². The second-order valence-corrected chi connectivity index (χ2v) is 11.7. The molecule has 1 nitrogen and oxygen atoms in total. The average Bonchev–Trinajstić information content (AvgIpc) is 2.74. The zero-order valence-electron chi connectivity index (χ0n) is 13.9. The monoisotopic (exact) mass is 432 g/mol. The van der Waals surface area contributed by atoms with Gasteiger partial charge in [-0.1, -0.05) is 45.7 Å². The van der Waals surface area contributed by atoms with Crippen molar-refractivity contribution >= 4 is 31.9 Å². The Kier molecular flexibility index (Phi) is 4.07. The zero-order chi connectivity index (χ0) is 15.7. The summed E-state index contributed by atoms with van der Waals surface area (Å²) in [7, 11) is 0. The molecule has 0 bridgehead atoms. The van der Waals surface area contributed by atoms with Gasteiger partial charge in [0.2, 0.25) is 0 Å². The summed E-state index contributed by atoms with van der Waals surface area (Å²) >= 11 is 7.98. The minimum absolute atomic E-state index is 0.0387. The molecule has 4 rings (SSSR count). The molecule has 3 unspecified atom stereocenters. The first-order valence-corrected chi connectivity index (χ1v) is 11.2. The third-order valence-electron chi connectivity index (χ3n) is 8.47. The largest absolute Gasteiger partial charge is 0.393 e. The molecule has 4 aliphatic carbocycles. The van der Waals surface area contributed by atoms with Gasteiger partial charge in [0, 0.05) is 9.65 Å². The molecule has 0 amide bonds. The molecule has 0 spiro atoms. The first kappa shape index (κ1) is 16.4. The molecule has 0 heterocycles. The van der Waals surface area contributed by atoms with Crippen molar-refractivity contribution in [2.24, 2.45) is 34.5 Å². The van der Waals surface area contributed by atoms with E-state index in [2.05, 4.69) is 45.7 Å². The van der Waals surface area contributed by atoms with E-state index in [0.29, 0.717) is 15.1 Å². The maximum absolute atomic E-state index is 10.5. The number of hydrogen-bond donors (Lipinski definition) is 1. The minimum atomic E-state index is -0.0387. The fourth-order valence-electron chi connectivity index (χ4n) is 7.32. The number of hydrogen-bond acceptors (Lipinski definition) is 1. The Balaban J connectivity index is 1.66. The molecule has 0 aromatic rings. The SMILES string of the molecule is C[C@]12CC[C@H]3[C@@H](CCC4C(Br)CC(Br)C[C@@]43C)[C@@H]1CC[C@@H]2O. The second-order valence-electron chi connectivity index (χ2n) is 9.26. The second kappa shape index (κ2) is 5.46. The van der Waals surface area contributed by atoms with E-state index in [1.807, 2.05) is 0 Å². The van der Waals surface area contributed by atoms with Crippen LogP contribution in [0.25, 0.3) is 0 Å². The lowest BCUT2D eigenvalue weighted by Gasteiger charge is -2.61. The normalized spacial score (nSPS) is 61.2. The number of rotatable bonds is 0. The highest BCUT2D eigenvalue weighted by molar-refractivity contribution is 9.10. The summed E-state index contributed by atoms with van der Waals surface area (Å²) in [4.78, 5) is 1.37. The number of alkyl halides is 2. The van der Waals surface area contributed by atoms with Crippen LogP contribution in [-0.2, 0) is 0 Å². The summed E-state index contributed by atoms with van der Waals surface area (Å²) in [5.74, 6) is 3.39. The van der Waals surface area contributed by atoms with Crippen LogP contribution < -0.4 is 0 Å². The van der Waals surface area contributed by atoms with Gasteiger partial charge in [-0.25, -0.2) is 0 Å². The van der Waals surface area contributed by atoms with Gasteiger partial charge < -0.3 is 5.11 Å². The van der Waals surface area contributed by atoms with E-state index in [1.54, 1.807) is 0 Å². The molecule has 4 fully saturated rings. The smallest absolute Gasteiger partial charge is 0.0596 e. The Labute approximate surface area is 152 Å². The van der Waals surface area contributed by atoms with Crippen molar-refractivity contribution in [3.8, 4) is 0 Å². The van der Waals surface area contributed by atoms with Crippen LogP contribution in [0.4, 0.5) is 0 Å². The van der Waals surface area contributed by atoms with E-state index in [-0.39, 0.29) is 11.5 Å². The van der Waals surface area contributed by atoms with Gasteiger partial charge in [-0.2, -0.15) is 0 Å². The van der Waals surface area contributed by atoms with Crippen molar-refractivity contribution in [3.05, 3.63) is 0 Å². The lowest BCUT2D eigenvalue weighted by atomic mass is 9.45. The molecule has 0 aromatic carbocycles. The Morgan fingerprint density at radius 2 is 1.55 bits per heavy atom. The summed E-state index contributed by atoms with van der Waals surface area (Å²) in [6.45, 7) is 4.99. The molecule has 0 aromatic heterocycles. The van der Waals surface area contributed by atoms with E-state index in [9.17, 15) is 5.11 Å². The van der Waals surface area contributed by atoms with E-state index >= 15 is 0 Å². The number of aliphatic hydroxyl groups is 1. The summed E-state index contributed by atoms with van der Waals surface area (Å²) in [6.07, 6.45) is 10.3. The Bertz CT molecular complexity index is 455. The van der Waals surface area contributed by atoms with E-state index in [4.69, 9.17) is 0 Å². The number of fused-ring (bicyclic) bond motifs is 5. The molecule has 0 aliphatic heterocycles. The number of halogens is 2. The zero-order valence-corrected chi connectivity index (χ0v) is 17.1. The third kappa shape index (κ3) is 2.17. The lowest BCUT2D eigenvalue weighted by molar-refractivity contribution is -0.117. The van der Waals surface area contributed by atoms with Crippen LogP contribution in [-0.4, -0.2) is 20.9 Å². The van der Waals surface area contributed by atoms with Gasteiger partial charge in [0.05, 0.1) is 6.10 Å². The highest BCUT2D eigenvalue weighted by atomic mass is 79.9. The molecular formula is C19H30Br2O. The van der Waals surface area contributed by atoms with E-state index in [1.165, 1.54) is 44.9 Å². The van der Waals surface area contributed by atoms with Crippen LogP contribution in [0.1, 0.15) is 65.2 Å². The van der Waals surface area contributed by atoms with Crippen molar-refractivity contribution in [2.75, 3.05) is 0 Å². The topological polar surface area (TPSA) is 20.2 Å². The van der Waals surface area contributed by atoms with Crippen molar-refractivity contribution in [1.82, 2.24) is 0 Å². The van der Waals surface area contributed by atoms with Crippen LogP contribution in [0, 0.1) is 34.5 Å². The molecule has 0 saturated heterocycles. The van der Waals surface area contributed by atoms with Crippen LogP contribution >= 0.6 is 31.9 Å². The van der Waals surface area contributed by atoms with Crippen molar-refractivity contribution < 1.29 is 5.11 Å². The molecule has 4 saturated carbocycles. The maximum Gasteiger partial charge on any atom is 0.0596 e. The summed E-state index contributed by atoms with van der Waals surface area (Å²) in [5.41, 5.74) is 0.721. The fourth-order valence-corrected chi connectivity index (χ4v) is 10.2. The molecule has 9 atom stereocenters. The Morgan fingerprint density at radius 1 is 0.864 bits per heavy atom. The summed E-state index contributed by atoms with van der Waals surface area (Å²) in [5, 5.41) is 10.5. The van der Waals surface area contributed by atoms with E-state index in [0.717, 1.165) is 30.1 Å². The molecular weight excluding hydrogens is 404 g/mol.